The van der Waals surface area contributed by atoms with Gasteiger partial charge in [0, 0.05) is 12.6 Å². The van der Waals surface area contributed by atoms with Crippen LogP contribution in [-0.2, 0) is 16.4 Å². The van der Waals surface area contributed by atoms with Crippen LogP contribution in [0.4, 0.5) is 5.69 Å². The van der Waals surface area contributed by atoms with Gasteiger partial charge in [0.1, 0.15) is 0 Å². The van der Waals surface area contributed by atoms with Crippen LogP contribution in [-0.4, -0.2) is 37.9 Å². The predicted molar refractivity (Wildman–Crippen MR) is 74.4 cm³/mol. The second-order valence-corrected chi connectivity index (χ2v) is 7.46. The van der Waals surface area contributed by atoms with E-state index >= 15 is 0 Å². The predicted octanol–water partition coefficient (Wildman–Crippen LogP) is 1.54. The molecule has 0 aliphatic carbocycles. The SMILES string of the molecule is CN(Cc1ccc(Cl)c(N)c1)C1CCS(=O)(=O)C1. The van der Waals surface area contributed by atoms with Gasteiger partial charge in [-0.1, -0.05) is 17.7 Å². The Balaban J connectivity index is 2.03. The first-order valence-corrected chi connectivity index (χ1v) is 8.02. The second-order valence-electron chi connectivity index (χ2n) is 4.83. The molecule has 1 heterocycles. The van der Waals surface area contributed by atoms with E-state index in [1.807, 2.05) is 19.2 Å². The molecule has 6 heteroatoms. The topological polar surface area (TPSA) is 63.4 Å². The number of benzene rings is 1. The number of hydrogen-bond donors (Lipinski definition) is 1. The Morgan fingerprint density at radius 1 is 1.50 bits per heavy atom. The second kappa shape index (κ2) is 5.07. The smallest absolute Gasteiger partial charge is 0.151 e. The van der Waals surface area contributed by atoms with Gasteiger partial charge < -0.3 is 5.73 Å². The molecule has 0 saturated carbocycles. The normalized spacial score (nSPS) is 22.5. The molecule has 1 aliphatic rings. The third kappa shape index (κ3) is 3.16. The molecular formula is C12H17ClN2O2S. The summed E-state index contributed by atoms with van der Waals surface area (Å²) in [4.78, 5) is 2.06. The summed E-state index contributed by atoms with van der Waals surface area (Å²) in [6.45, 7) is 0.682. The number of nitrogens with two attached hydrogens (primary N) is 1. The van der Waals surface area contributed by atoms with Crippen molar-refractivity contribution in [2.75, 3.05) is 24.3 Å². The van der Waals surface area contributed by atoms with Crippen molar-refractivity contribution in [1.29, 1.82) is 0 Å². The van der Waals surface area contributed by atoms with Gasteiger partial charge in [-0.15, -0.1) is 0 Å². The van der Waals surface area contributed by atoms with Crippen molar-refractivity contribution in [3.8, 4) is 0 Å². The van der Waals surface area contributed by atoms with Crippen LogP contribution in [0.15, 0.2) is 18.2 Å². The summed E-state index contributed by atoms with van der Waals surface area (Å²) in [6, 6.07) is 5.62. The van der Waals surface area contributed by atoms with Crippen LogP contribution in [0, 0.1) is 0 Å². The van der Waals surface area contributed by atoms with Crippen molar-refractivity contribution >= 4 is 27.1 Å². The fourth-order valence-electron chi connectivity index (χ4n) is 2.23. The maximum absolute atomic E-state index is 11.4. The monoisotopic (exact) mass is 288 g/mol. The zero-order valence-electron chi connectivity index (χ0n) is 10.3. The number of sulfone groups is 1. The Kier molecular flexibility index (Phi) is 3.84. The van der Waals surface area contributed by atoms with E-state index in [-0.39, 0.29) is 11.8 Å². The number of nitrogen functional groups attached to an aromatic ring is 1. The fourth-order valence-corrected chi connectivity index (χ4v) is 4.15. The molecule has 1 aliphatic heterocycles. The molecular weight excluding hydrogens is 272 g/mol. The molecule has 2 rings (SSSR count). The summed E-state index contributed by atoms with van der Waals surface area (Å²) in [7, 11) is -0.894. The van der Waals surface area contributed by atoms with E-state index in [1.165, 1.54) is 0 Å². The van der Waals surface area contributed by atoms with Crippen LogP contribution in [0.2, 0.25) is 5.02 Å². The molecule has 1 aromatic carbocycles. The van der Waals surface area contributed by atoms with E-state index in [1.54, 1.807) is 6.07 Å². The number of rotatable bonds is 3. The summed E-state index contributed by atoms with van der Waals surface area (Å²) < 4.78 is 22.9. The molecule has 0 bridgehead atoms. The van der Waals surface area contributed by atoms with Crippen LogP contribution in [0.5, 0.6) is 0 Å². The van der Waals surface area contributed by atoms with Crippen LogP contribution in [0.25, 0.3) is 0 Å². The summed E-state index contributed by atoms with van der Waals surface area (Å²) >= 11 is 5.86. The van der Waals surface area contributed by atoms with Crippen LogP contribution < -0.4 is 5.73 Å². The van der Waals surface area contributed by atoms with Crippen LogP contribution >= 0.6 is 11.6 Å². The summed E-state index contributed by atoms with van der Waals surface area (Å²) in [5.41, 5.74) is 7.35. The molecule has 1 fully saturated rings. The molecule has 1 atom stereocenters. The minimum absolute atomic E-state index is 0.104. The van der Waals surface area contributed by atoms with Gasteiger partial charge in [0.15, 0.2) is 9.84 Å². The highest BCUT2D eigenvalue weighted by Crippen LogP contribution is 2.22. The maximum Gasteiger partial charge on any atom is 0.151 e. The number of hydrogen-bond acceptors (Lipinski definition) is 4. The van der Waals surface area contributed by atoms with Gasteiger partial charge in [0.2, 0.25) is 0 Å². The summed E-state index contributed by atoms with van der Waals surface area (Å²) in [5.74, 6) is 0.553. The van der Waals surface area contributed by atoms with Crippen molar-refractivity contribution in [2.24, 2.45) is 0 Å². The minimum Gasteiger partial charge on any atom is -0.398 e. The molecule has 0 aromatic heterocycles. The van der Waals surface area contributed by atoms with Crippen molar-refractivity contribution in [1.82, 2.24) is 4.90 Å². The van der Waals surface area contributed by atoms with Gasteiger partial charge >= 0.3 is 0 Å². The van der Waals surface area contributed by atoms with E-state index in [0.717, 1.165) is 5.56 Å². The first-order valence-electron chi connectivity index (χ1n) is 5.82. The molecule has 1 unspecified atom stereocenters. The molecule has 2 N–H and O–H groups in total. The molecule has 4 nitrogen and oxygen atoms in total. The van der Waals surface area contributed by atoms with E-state index in [4.69, 9.17) is 17.3 Å². The third-order valence-corrected chi connectivity index (χ3v) is 5.42. The molecule has 100 valence electrons. The van der Waals surface area contributed by atoms with Gasteiger partial charge in [-0.3, -0.25) is 4.90 Å². The van der Waals surface area contributed by atoms with Crippen molar-refractivity contribution in [3.63, 3.8) is 0 Å². The summed E-state index contributed by atoms with van der Waals surface area (Å²) in [5, 5.41) is 0.546. The lowest BCUT2D eigenvalue weighted by atomic mass is 10.1. The van der Waals surface area contributed by atoms with Crippen molar-refractivity contribution in [3.05, 3.63) is 28.8 Å². The average Bonchev–Trinajstić information content (AvgIpc) is 2.64. The van der Waals surface area contributed by atoms with Gasteiger partial charge in [-0.2, -0.15) is 0 Å². The Morgan fingerprint density at radius 2 is 2.22 bits per heavy atom. The molecule has 0 amide bonds. The molecule has 0 spiro atoms. The average molecular weight is 289 g/mol. The standard InChI is InChI=1S/C12H17ClN2O2S/c1-15(10-4-5-18(16,17)8-10)7-9-2-3-11(13)12(14)6-9/h2-3,6,10H,4-5,7-8,14H2,1H3. The van der Waals surface area contributed by atoms with E-state index in [2.05, 4.69) is 4.90 Å². The van der Waals surface area contributed by atoms with Crippen LogP contribution in [0.3, 0.4) is 0 Å². The highest BCUT2D eigenvalue weighted by Gasteiger charge is 2.30. The molecule has 1 aromatic rings. The molecule has 1 saturated heterocycles. The van der Waals surface area contributed by atoms with Gasteiger partial charge in [-0.05, 0) is 31.2 Å². The van der Waals surface area contributed by atoms with Crippen molar-refractivity contribution in [2.45, 2.75) is 19.0 Å². The Morgan fingerprint density at radius 3 is 2.78 bits per heavy atom. The zero-order valence-corrected chi connectivity index (χ0v) is 11.8. The van der Waals surface area contributed by atoms with E-state index in [9.17, 15) is 8.42 Å². The lowest BCUT2D eigenvalue weighted by Crippen LogP contribution is -2.32. The first-order chi connectivity index (χ1) is 8.37. The quantitative estimate of drug-likeness (QED) is 0.857. The Hall–Kier alpha value is -0.780. The highest BCUT2D eigenvalue weighted by atomic mass is 35.5. The van der Waals surface area contributed by atoms with E-state index < -0.39 is 9.84 Å². The lowest BCUT2D eigenvalue weighted by molar-refractivity contribution is 0.254. The third-order valence-electron chi connectivity index (χ3n) is 3.32. The first kappa shape index (κ1) is 13.6. The Bertz CT molecular complexity index is 545. The molecule has 0 radical (unpaired) electrons. The highest BCUT2D eigenvalue weighted by molar-refractivity contribution is 7.91. The van der Waals surface area contributed by atoms with Crippen LogP contribution in [0.1, 0.15) is 12.0 Å². The van der Waals surface area contributed by atoms with Crippen molar-refractivity contribution < 1.29 is 8.42 Å². The summed E-state index contributed by atoms with van der Waals surface area (Å²) in [6.07, 6.45) is 0.710. The maximum atomic E-state index is 11.4. The number of halogens is 1. The minimum atomic E-state index is -2.84. The fraction of sp³-hybridized carbons (Fsp3) is 0.500. The van der Waals surface area contributed by atoms with E-state index in [0.29, 0.717) is 29.4 Å². The van der Waals surface area contributed by atoms with Gasteiger partial charge in [0.05, 0.1) is 22.2 Å². The number of nitrogens with zero attached hydrogens (tertiary/aromatic N) is 1. The van der Waals surface area contributed by atoms with Gasteiger partial charge in [-0.25, -0.2) is 8.42 Å². The van der Waals surface area contributed by atoms with Gasteiger partial charge in [0.25, 0.3) is 0 Å². The zero-order chi connectivity index (χ0) is 13.3. The number of anilines is 1. The largest absolute Gasteiger partial charge is 0.398 e. The Labute approximate surface area is 113 Å². The molecule has 18 heavy (non-hydrogen) atoms. The lowest BCUT2D eigenvalue weighted by Gasteiger charge is -2.23.